The number of nitrogens with zero attached hydrogens (tertiary/aromatic N) is 2. The smallest absolute Gasteiger partial charge is 0.283 e. The summed E-state index contributed by atoms with van der Waals surface area (Å²) in [7, 11) is 1.50. The van der Waals surface area contributed by atoms with E-state index in [1.807, 2.05) is 0 Å². The highest BCUT2D eigenvalue weighted by atomic mass is 32.2. The predicted molar refractivity (Wildman–Crippen MR) is 91.7 cm³/mol. The molecule has 0 saturated carbocycles. The molecule has 0 aromatic heterocycles. The molecule has 0 aliphatic heterocycles. The summed E-state index contributed by atoms with van der Waals surface area (Å²) in [4.78, 5) is 25.0. The summed E-state index contributed by atoms with van der Waals surface area (Å²) in [5.74, 6) is -2.41. The highest BCUT2D eigenvalue weighted by molar-refractivity contribution is 7.98. The molecule has 0 aliphatic rings. The van der Waals surface area contributed by atoms with Crippen LogP contribution in [-0.4, -0.2) is 29.0 Å². The van der Waals surface area contributed by atoms with Gasteiger partial charge < -0.3 is 4.90 Å². The van der Waals surface area contributed by atoms with E-state index in [9.17, 15) is 23.7 Å². The van der Waals surface area contributed by atoms with Crippen LogP contribution < -0.4 is 0 Å². The zero-order valence-electron chi connectivity index (χ0n) is 13.8. The largest absolute Gasteiger partial charge is 0.335 e. The number of carbonyl (C=O) groups excluding carboxylic acids is 1. The first-order valence-electron chi connectivity index (χ1n) is 7.30. The second kappa shape index (κ2) is 7.60. The summed E-state index contributed by atoms with van der Waals surface area (Å²) in [5.41, 5.74) is 0.429. The van der Waals surface area contributed by atoms with Crippen molar-refractivity contribution in [2.45, 2.75) is 17.9 Å². The first-order chi connectivity index (χ1) is 11.8. The van der Waals surface area contributed by atoms with E-state index in [1.54, 1.807) is 13.2 Å². The maximum absolute atomic E-state index is 13.4. The molecule has 0 saturated heterocycles. The minimum atomic E-state index is -0.995. The van der Waals surface area contributed by atoms with E-state index < -0.39 is 28.5 Å². The van der Waals surface area contributed by atoms with Crippen LogP contribution in [0, 0.1) is 21.7 Å². The maximum Gasteiger partial charge on any atom is 0.283 e. The molecule has 0 fully saturated rings. The molecule has 0 unspecified atom stereocenters. The van der Waals surface area contributed by atoms with Gasteiger partial charge in [-0.25, -0.2) is 8.78 Å². The summed E-state index contributed by atoms with van der Waals surface area (Å²) >= 11 is 1.21. The van der Waals surface area contributed by atoms with E-state index in [0.717, 1.165) is 12.1 Å². The molecule has 2 rings (SSSR count). The molecule has 2 aromatic rings. The predicted octanol–water partition coefficient (Wildman–Crippen LogP) is 4.43. The standard InChI is InChI=1S/C17H16F2N2O3S/c1-10(11-4-6-13(18)14(19)8-11)20(2)17(22)12-5-7-16(25-3)15(9-12)21(23)24/h4-10H,1-3H3/t10-/m1/s1. The van der Waals surface area contributed by atoms with Crippen molar-refractivity contribution in [2.75, 3.05) is 13.3 Å². The van der Waals surface area contributed by atoms with Gasteiger partial charge in [-0.05, 0) is 43.0 Å². The number of benzene rings is 2. The number of nitro benzene ring substituents is 1. The summed E-state index contributed by atoms with van der Waals surface area (Å²) in [5, 5.41) is 11.1. The normalized spacial score (nSPS) is 11.9. The molecule has 1 amide bonds. The van der Waals surface area contributed by atoms with Gasteiger partial charge in [-0.1, -0.05) is 6.07 Å². The fraction of sp³-hybridized carbons (Fsp3) is 0.235. The van der Waals surface area contributed by atoms with Gasteiger partial charge in [0.25, 0.3) is 11.6 Å². The number of amides is 1. The minimum absolute atomic E-state index is 0.146. The molecular formula is C17H16F2N2O3S. The second-order valence-electron chi connectivity index (χ2n) is 5.41. The molecule has 0 aliphatic carbocycles. The number of carbonyl (C=O) groups is 1. The molecule has 0 bridgehead atoms. The molecule has 0 N–H and O–H groups in total. The van der Waals surface area contributed by atoms with E-state index >= 15 is 0 Å². The molecule has 0 spiro atoms. The molecule has 0 heterocycles. The first kappa shape index (κ1) is 18.9. The van der Waals surface area contributed by atoms with Crippen LogP contribution in [0.4, 0.5) is 14.5 Å². The minimum Gasteiger partial charge on any atom is -0.335 e. The molecular weight excluding hydrogens is 350 g/mol. The highest BCUT2D eigenvalue weighted by Gasteiger charge is 2.23. The topological polar surface area (TPSA) is 63.5 Å². The fourth-order valence-electron chi connectivity index (χ4n) is 2.34. The Morgan fingerprint density at radius 2 is 1.88 bits per heavy atom. The Morgan fingerprint density at radius 1 is 1.20 bits per heavy atom. The van der Waals surface area contributed by atoms with E-state index in [2.05, 4.69) is 0 Å². The second-order valence-corrected chi connectivity index (χ2v) is 6.26. The summed E-state index contributed by atoms with van der Waals surface area (Å²) in [6, 6.07) is 7.14. The average molecular weight is 366 g/mol. The van der Waals surface area contributed by atoms with Crippen LogP contribution in [0.3, 0.4) is 0 Å². The summed E-state index contributed by atoms with van der Waals surface area (Å²) in [6.45, 7) is 1.66. The third-order valence-corrected chi connectivity index (χ3v) is 4.73. The van der Waals surface area contributed by atoms with Crippen LogP contribution in [-0.2, 0) is 0 Å². The lowest BCUT2D eigenvalue weighted by molar-refractivity contribution is -0.387. The van der Waals surface area contributed by atoms with Gasteiger partial charge in [0, 0.05) is 18.7 Å². The Morgan fingerprint density at radius 3 is 2.44 bits per heavy atom. The van der Waals surface area contributed by atoms with Crippen molar-refractivity contribution in [3.63, 3.8) is 0 Å². The van der Waals surface area contributed by atoms with Crippen LogP contribution in [0.15, 0.2) is 41.3 Å². The maximum atomic E-state index is 13.4. The Hall–Kier alpha value is -2.48. The monoisotopic (exact) mass is 366 g/mol. The Bertz CT molecular complexity index is 830. The van der Waals surface area contributed by atoms with Crippen LogP contribution in [0.1, 0.15) is 28.9 Å². The lowest BCUT2D eigenvalue weighted by Gasteiger charge is -2.25. The summed E-state index contributed by atoms with van der Waals surface area (Å²) < 4.78 is 26.5. The first-order valence-corrected chi connectivity index (χ1v) is 8.53. The molecule has 25 heavy (non-hydrogen) atoms. The van der Waals surface area contributed by atoms with E-state index in [4.69, 9.17) is 0 Å². The van der Waals surface area contributed by atoms with Crippen LogP contribution >= 0.6 is 11.8 Å². The zero-order valence-corrected chi connectivity index (χ0v) is 14.6. The van der Waals surface area contributed by atoms with E-state index in [1.165, 1.54) is 48.0 Å². The lowest BCUT2D eigenvalue weighted by Crippen LogP contribution is -2.29. The number of halogens is 2. The van der Waals surface area contributed by atoms with Crippen molar-refractivity contribution < 1.29 is 18.5 Å². The average Bonchev–Trinajstić information content (AvgIpc) is 2.61. The van der Waals surface area contributed by atoms with Gasteiger partial charge in [-0.3, -0.25) is 14.9 Å². The number of rotatable bonds is 5. The van der Waals surface area contributed by atoms with E-state index in [-0.39, 0.29) is 11.3 Å². The molecule has 1 atom stereocenters. The van der Waals surface area contributed by atoms with Crippen LogP contribution in [0.5, 0.6) is 0 Å². The molecule has 5 nitrogen and oxygen atoms in total. The third-order valence-electron chi connectivity index (χ3n) is 3.95. The molecule has 132 valence electrons. The van der Waals surface area contributed by atoms with Crippen molar-refractivity contribution >= 4 is 23.4 Å². The van der Waals surface area contributed by atoms with Gasteiger partial charge in [-0.15, -0.1) is 11.8 Å². The van der Waals surface area contributed by atoms with Crippen molar-refractivity contribution in [3.8, 4) is 0 Å². The molecule has 8 heteroatoms. The van der Waals surface area contributed by atoms with Gasteiger partial charge in [0.05, 0.1) is 15.9 Å². The van der Waals surface area contributed by atoms with Gasteiger partial charge >= 0.3 is 0 Å². The van der Waals surface area contributed by atoms with Crippen LogP contribution in [0.25, 0.3) is 0 Å². The fourth-order valence-corrected chi connectivity index (χ4v) is 2.89. The molecule has 2 aromatic carbocycles. The van der Waals surface area contributed by atoms with Crippen LogP contribution in [0.2, 0.25) is 0 Å². The van der Waals surface area contributed by atoms with Crippen molar-refractivity contribution in [3.05, 3.63) is 69.3 Å². The number of hydrogen-bond donors (Lipinski definition) is 0. The van der Waals surface area contributed by atoms with Gasteiger partial charge in [0.15, 0.2) is 11.6 Å². The van der Waals surface area contributed by atoms with Gasteiger partial charge in [-0.2, -0.15) is 0 Å². The lowest BCUT2D eigenvalue weighted by atomic mass is 10.1. The number of nitro groups is 1. The van der Waals surface area contributed by atoms with E-state index in [0.29, 0.717) is 10.5 Å². The zero-order chi connectivity index (χ0) is 18.7. The highest BCUT2D eigenvalue weighted by Crippen LogP contribution is 2.30. The van der Waals surface area contributed by atoms with Crippen molar-refractivity contribution in [1.82, 2.24) is 4.90 Å². The summed E-state index contributed by atoms with van der Waals surface area (Å²) in [6.07, 6.45) is 1.71. The van der Waals surface area contributed by atoms with Crippen molar-refractivity contribution in [1.29, 1.82) is 0 Å². The quantitative estimate of drug-likeness (QED) is 0.446. The van der Waals surface area contributed by atoms with Gasteiger partial charge in [0.1, 0.15) is 0 Å². The number of hydrogen-bond acceptors (Lipinski definition) is 4. The SMILES string of the molecule is CSc1ccc(C(=O)N(C)[C@H](C)c2ccc(F)c(F)c2)cc1[N+](=O)[O-]. The number of thioether (sulfide) groups is 1. The Kier molecular flexibility index (Phi) is 5.73. The molecule has 0 radical (unpaired) electrons. The Labute approximate surface area is 147 Å². The third kappa shape index (κ3) is 3.96. The Balaban J connectivity index is 2.31. The van der Waals surface area contributed by atoms with Gasteiger partial charge in [0.2, 0.25) is 0 Å². The van der Waals surface area contributed by atoms with Crippen molar-refractivity contribution in [2.24, 2.45) is 0 Å².